The molecule has 0 aliphatic carbocycles. The average Bonchev–Trinajstić information content (AvgIpc) is 3.17. The Labute approximate surface area is 150 Å². The molecule has 0 unspecified atom stereocenters. The second-order valence-electron chi connectivity index (χ2n) is 6.41. The summed E-state index contributed by atoms with van der Waals surface area (Å²) < 4.78 is 5.84. The normalized spacial score (nSPS) is 15.4. The monoisotopic (exact) mass is 350 g/mol. The number of hydrogen-bond acceptors (Lipinski definition) is 6. The summed E-state index contributed by atoms with van der Waals surface area (Å²) >= 11 is 0. The minimum absolute atomic E-state index is 0.00246. The number of non-ortho nitro benzene ring substituents is 1. The third kappa shape index (κ3) is 3.09. The summed E-state index contributed by atoms with van der Waals surface area (Å²) in [6, 6.07) is 14.6. The molecule has 0 bridgehead atoms. The molecule has 0 amide bonds. The van der Waals surface area contributed by atoms with Gasteiger partial charge in [-0.2, -0.15) is 0 Å². The van der Waals surface area contributed by atoms with Crippen LogP contribution in [0, 0.1) is 10.1 Å². The fourth-order valence-corrected chi connectivity index (χ4v) is 3.25. The molecule has 7 nitrogen and oxygen atoms in total. The first-order chi connectivity index (χ1) is 12.6. The van der Waals surface area contributed by atoms with E-state index < -0.39 is 4.92 Å². The van der Waals surface area contributed by atoms with Crippen LogP contribution in [0.4, 0.5) is 5.69 Å². The lowest BCUT2D eigenvalue weighted by atomic mass is 9.99. The largest absolute Gasteiger partial charge is 0.419 e. The molecule has 1 atom stereocenters. The molecular weight excluding hydrogens is 332 g/mol. The number of nitro groups is 1. The fourth-order valence-electron chi connectivity index (χ4n) is 3.25. The van der Waals surface area contributed by atoms with Crippen LogP contribution in [0.15, 0.2) is 52.9 Å². The van der Waals surface area contributed by atoms with Crippen LogP contribution in [0.5, 0.6) is 0 Å². The highest BCUT2D eigenvalue weighted by Gasteiger charge is 2.25. The van der Waals surface area contributed by atoms with Gasteiger partial charge in [0.05, 0.1) is 11.0 Å². The topological polar surface area (TPSA) is 85.3 Å². The van der Waals surface area contributed by atoms with E-state index in [-0.39, 0.29) is 11.7 Å². The van der Waals surface area contributed by atoms with Gasteiger partial charge in [-0.1, -0.05) is 24.3 Å². The molecule has 2 aromatic carbocycles. The maximum atomic E-state index is 10.8. The molecule has 3 aromatic rings. The molecular formula is C19H18N4O3. The van der Waals surface area contributed by atoms with Crippen molar-refractivity contribution in [2.24, 2.45) is 0 Å². The van der Waals surface area contributed by atoms with E-state index in [0.717, 1.165) is 19.5 Å². The first kappa shape index (κ1) is 16.4. The third-order valence-corrected chi connectivity index (χ3v) is 4.83. The summed E-state index contributed by atoms with van der Waals surface area (Å²) in [5, 5.41) is 19.1. The molecule has 132 valence electrons. The minimum atomic E-state index is -0.431. The number of aromatic nitrogens is 2. The molecule has 2 heterocycles. The molecule has 26 heavy (non-hydrogen) atoms. The first-order valence-corrected chi connectivity index (χ1v) is 8.51. The Kier molecular flexibility index (Phi) is 4.22. The highest BCUT2D eigenvalue weighted by atomic mass is 16.6. The molecule has 0 saturated heterocycles. The van der Waals surface area contributed by atoms with Gasteiger partial charge in [0.1, 0.15) is 0 Å². The van der Waals surface area contributed by atoms with E-state index in [1.165, 1.54) is 23.3 Å². The Balaban J connectivity index is 1.52. The maximum absolute atomic E-state index is 10.8. The van der Waals surface area contributed by atoms with Crippen LogP contribution >= 0.6 is 0 Å². The lowest BCUT2D eigenvalue weighted by molar-refractivity contribution is -0.384. The minimum Gasteiger partial charge on any atom is -0.419 e. The van der Waals surface area contributed by atoms with Gasteiger partial charge in [-0.25, -0.2) is 0 Å². The van der Waals surface area contributed by atoms with Crippen molar-refractivity contribution in [3.05, 3.63) is 75.7 Å². The summed E-state index contributed by atoms with van der Waals surface area (Å²) in [6.07, 6.45) is 1.00. The molecule has 1 aliphatic heterocycles. The Bertz CT molecular complexity index is 936. The molecule has 0 spiro atoms. The number of nitro benzene ring substituents is 1. The Morgan fingerprint density at radius 1 is 1.12 bits per heavy atom. The van der Waals surface area contributed by atoms with Crippen molar-refractivity contribution in [1.29, 1.82) is 0 Å². The summed E-state index contributed by atoms with van der Waals surface area (Å²) in [5.74, 6) is 0.928. The van der Waals surface area contributed by atoms with Crippen LogP contribution in [0.25, 0.3) is 11.5 Å². The number of benzene rings is 2. The molecule has 0 fully saturated rings. The van der Waals surface area contributed by atoms with Crippen molar-refractivity contribution < 1.29 is 9.34 Å². The Morgan fingerprint density at radius 3 is 2.58 bits per heavy atom. The summed E-state index contributed by atoms with van der Waals surface area (Å²) in [5.41, 5.74) is 3.44. The van der Waals surface area contributed by atoms with Gasteiger partial charge in [-0.05, 0) is 36.6 Å². The Morgan fingerprint density at radius 2 is 1.85 bits per heavy atom. The summed E-state index contributed by atoms with van der Waals surface area (Å²) in [7, 11) is 0. The average molecular weight is 350 g/mol. The van der Waals surface area contributed by atoms with Gasteiger partial charge in [-0.15, -0.1) is 10.2 Å². The first-order valence-electron chi connectivity index (χ1n) is 8.51. The molecule has 7 heteroatoms. The summed E-state index contributed by atoms with van der Waals surface area (Å²) in [6.45, 7) is 3.85. The molecule has 0 saturated carbocycles. The SMILES string of the molecule is C[C@@H](c1nnc(-c2ccc([N+](=O)[O-])cc2)o1)N1CCc2ccccc2C1. The van der Waals surface area contributed by atoms with Gasteiger partial charge in [-0.3, -0.25) is 15.0 Å². The second kappa shape index (κ2) is 6.68. The summed E-state index contributed by atoms with van der Waals surface area (Å²) in [4.78, 5) is 12.6. The van der Waals surface area contributed by atoms with E-state index in [1.54, 1.807) is 12.1 Å². The standard InChI is InChI=1S/C19H18N4O3/c1-13(22-11-10-14-4-2-3-5-16(14)12-22)18-20-21-19(26-18)15-6-8-17(9-7-15)23(24)25/h2-9,13H,10-12H2,1H3/t13-/m0/s1. The Hall–Kier alpha value is -3.06. The molecule has 0 N–H and O–H groups in total. The van der Waals surface area contributed by atoms with Crippen molar-refractivity contribution in [3.8, 4) is 11.5 Å². The van der Waals surface area contributed by atoms with E-state index >= 15 is 0 Å². The van der Waals surface area contributed by atoms with Crippen molar-refractivity contribution in [2.45, 2.75) is 25.9 Å². The lowest BCUT2D eigenvalue weighted by Gasteiger charge is -2.31. The van der Waals surface area contributed by atoms with Gasteiger partial charge >= 0.3 is 0 Å². The van der Waals surface area contributed by atoms with Crippen molar-refractivity contribution >= 4 is 5.69 Å². The van der Waals surface area contributed by atoms with Gasteiger partial charge in [0.15, 0.2) is 0 Å². The van der Waals surface area contributed by atoms with Gasteiger partial charge < -0.3 is 4.42 Å². The zero-order valence-electron chi connectivity index (χ0n) is 14.3. The van der Waals surface area contributed by atoms with Crippen molar-refractivity contribution in [2.75, 3.05) is 6.54 Å². The highest BCUT2D eigenvalue weighted by molar-refractivity contribution is 5.55. The van der Waals surface area contributed by atoms with E-state index in [1.807, 2.05) is 0 Å². The van der Waals surface area contributed by atoms with Crippen molar-refractivity contribution in [1.82, 2.24) is 15.1 Å². The molecule has 4 rings (SSSR count). The van der Waals surface area contributed by atoms with Crippen LogP contribution in [-0.2, 0) is 13.0 Å². The second-order valence-corrected chi connectivity index (χ2v) is 6.41. The zero-order chi connectivity index (χ0) is 18.1. The fraction of sp³-hybridized carbons (Fsp3) is 0.263. The smallest absolute Gasteiger partial charge is 0.269 e. The number of fused-ring (bicyclic) bond motifs is 1. The van der Waals surface area contributed by atoms with Gasteiger partial charge in [0.25, 0.3) is 5.69 Å². The van der Waals surface area contributed by atoms with Crippen LogP contribution in [-0.4, -0.2) is 26.6 Å². The molecule has 1 aromatic heterocycles. The highest BCUT2D eigenvalue weighted by Crippen LogP contribution is 2.29. The molecule has 0 radical (unpaired) electrons. The van der Waals surface area contributed by atoms with Gasteiger partial charge in [0.2, 0.25) is 11.8 Å². The molecule has 1 aliphatic rings. The van der Waals surface area contributed by atoms with E-state index in [4.69, 9.17) is 4.42 Å². The van der Waals surface area contributed by atoms with E-state index in [2.05, 4.69) is 46.3 Å². The zero-order valence-corrected chi connectivity index (χ0v) is 14.3. The number of rotatable bonds is 4. The van der Waals surface area contributed by atoms with Crippen molar-refractivity contribution in [3.63, 3.8) is 0 Å². The quantitative estimate of drug-likeness (QED) is 0.526. The number of hydrogen-bond donors (Lipinski definition) is 0. The van der Waals surface area contributed by atoms with E-state index in [9.17, 15) is 10.1 Å². The lowest BCUT2D eigenvalue weighted by Crippen LogP contribution is -2.33. The van der Waals surface area contributed by atoms with Crippen LogP contribution < -0.4 is 0 Å². The predicted octanol–water partition coefficient (Wildman–Crippen LogP) is 3.76. The van der Waals surface area contributed by atoms with E-state index in [0.29, 0.717) is 17.3 Å². The third-order valence-electron chi connectivity index (χ3n) is 4.83. The van der Waals surface area contributed by atoms with Crippen LogP contribution in [0.1, 0.15) is 30.0 Å². The predicted molar refractivity (Wildman–Crippen MR) is 95.4 cm³/mol. The van der Waals surface area contributed by atoms with Gasteiger partial charge in [0, 0.05) is 30.8 Å². The number of nitrogens with zero attached hydrogens (tertiary/aromatic N) is 4. The van der Waals surface area contributed by atoms with Crippen LogP contribution in [0.2, 0.25) is 0 Å². The van der Waals surface area contributed by atoms with Crippen LogP contribution in [0.3, 0.4) is 0 Å². The maximum Gasteiger partial charge on any atom is 0.269 e.